The number of rotatable bonds is 0. The molecule has 0 N–H and O–H groups in total. The van der Waals surface area contributed by atoms with E-state index in [1.165, 1.54) is 0 Å². The Bertz CT molecular complexity index is 1160. The summed E-state index contributed by atoms with van der Waals surface area (Å²) in [4.78, 5) is 0. The lowest BCUT2D eigenvalue weighted by atomic mass is 10.6. The van der Waals surface area contributed by atoms with Crippen molar-refractivity contribution in [1.29, 1.82) is 0 Å². The maximum atomic E-state index is 3.30. The van der Waals surface area contributed by atoms with E-state index in [2.05, 4.69) is 134 Å². The quantitative estimate of drug-likeness (QED) is 0.587. The topological polar surface area (TPSA) is 0 Å². The van der Waals surface area contributed by atoms with Gasteiger partial charge in [0.2, 0.25) is 0 Å². The van der Waals surface area contributed by atoms with Crippen LogP contribution in [0.5, 0.6) is 0 Å². The molecule has 0 unspecified atom stereocenters. The third-order valence-electron chi connectivity index (χ3n) is 1.30. The fourth-order valence-corrected chi connectivity index (χ4v) is 0.620. The SMILES string of the molecule is C=C=C=C=C=C=C=C=C=C=C=C=C=C=C=C=C=C=C=C=C=C=C. The molecule has 0 spiro atoms. The Morgan fingerprint density at radius 3 is 0.478 bits per heavy atom. The van der Waals surface area contributed by atoms with Crippen molar-refractivity contribution in [1.82, 2.24) is 0 Å². The second kappa shape index (κ2) is 17.1. The van der Waals surface area contributed by atoms with Crippen molar-refractivity contribution >= 4 is 0 Å². The minimum Gasteiger partial charge on any atom is -0.0687 e. The first-order valence-corrected chi connectivity index (χ1v) is 5.71. The molecule has 0 amide bonds. The van der Waals surface area contributed by atoms with Crippen LogP contribution in [0.4, 0.5) is 0 Å². The van der Waals surface area contributed by atoms with E-state index in [1.54, 1.807) is 0 Å². The molecule has 0 aliphatic carbocycles. The number of hydrogen-bond donors (Lipinski definition) is 0. The van der Waals surface area contributed by atoms with E-state index in [0.717, 1.165) is 0 Å². The molecule has 0 heterocycles. The monoisotopic (exact) mass is 280 g/mol. The van der Waals surface area contributed by atoms with Crippen LogP contribution in [0.15, 0.2) is 134 Å². The third kappa shape index (κ3) is 17.1. The molecule has 0 heteroatoms. The van der Waals surface area contributed by atoms with Gasteiger partial charge in [-0.1, -0.05) is 11.5 Å². The standard InChI is InChI=1S/C23H4/c1-3-5-7-9-11-13-15-17-19-21-23-22-20-18-16-14-12-10-8-6-4-2/h1-2H2. The van der Waals surface area contributed by atoms with Crippen LogP contribution < -0.4 is 0 Å². The van der Waals surface area contributed by atoms with E-state index in [-0.39, 0.29) is 0 Å². The van der Waals surface area contributed by atoms with Crippen molar-refractivity contribution in [2.75, 3.05) is 0 Å². The maximum Gasteiger partial charge on any atom is 0 e. The molecule has 0 radical (unpaired) electrons. The molecule has 0 aromatic carbocycles. The molecular formula is C23H4. The average Bonchev–Trinajstić information content (AvgIpc) is 2.57. The summed E-state index contributed by atoms with van der Waals surface area (Å²) in [6.45, 7) is 6.60. The molecule has 0 bridgehead atoms. The van der Waals surface area contributed by atoms with E-state index in [0.29, 0.717) is 0 Å². The summed E-state index contributed by atoms with van der Waals surface area (Å²) in [6, 6.07) is 0. The lowest BCUT2D eigenvalue weighted by molar-refractivity contribution is 2.11. The Morgan fingerprint density at radius 2 is 0.348 bits per heavy atom. The molecule has 0 atom stereocenters. The zero-order chi connectivity index (χ0) is 16.8. The second-order valence-electron chi connectivity index (χ2n) is 2.73. The minimum atomic E-state index is 2.37. The molecule has 23 heavy (non-hydrogen) atoms. The summed E-state index contributed by atoms with van der Waals surface area (Å²) in [5.41, 5.74) is 51.9. The zero-order valence-corrected chi connectivity index (χ0v) is 11.9. The van der Waals surface area contributed by atoms with Crippen molar-refractivity contribution in [3.63, 3.8) is 0 Å². The fourth-order valence-electron chi connectivity index (χ4n) is 0.620. The third-order valence-corrected chi connectivity index (χ3v) is 1.30. The Kier molecular flexibility index (Phi) is 13.5. The van der Waals surface area contributed by atoms with Crippen molar-refractivity contribution < 1.29 is 0 Å². The predicted molar refractivity (Wildman–Crippen MR) is 85.0 cm³/mol. The first-order valence-electron chi connectivity index (χ1n) is 5.71. The molecule has 0 aliphatic heterocycles. The van der Waals surface area contributed by atoms with Gasteiger partial charge in [-0.15, -0.1) is 0 Å². The van der Waals surface area contributed by atoms with E-state index in [4.69, 9.17) is 0 Å². The van der Waals surface area contributed by atoms with Crippen molar-refractivity contribution in [3.8, 4) is 0 Å². The van der Waals surface area contributed by atoms with Crippen LogP contribution in [-0.2, 0) is 0 Å². The van der Waals surface area contributed by atoms with E-state index in [1.807, 2.05) is 0 Å². The van der Waals surface area contributed by atoms with Gasteiger partial charge in [0.25, 0.3) is 0 Å². The lowest BCUT2D eigenvalue weighted by Gasteiger charge is -1.40. The summed E-state index contributed by atoms with van der Waals surface area (Å²) in [7, 11) is 0. The Balaban J connectivity index is 5.84. The van der Waals surface area contributed by atoms with E-state index >= 15 is 0 Å². The van der Waals surface area contributed by atoms with Gasteiger partial charge in [0, 0.05) is 17.2 Å². The molecule has 0 fully saturated rings. The van der Waals surface area contributed by atoms with Crippen molar-refractivity contribution in [2.24, 2.45) is 0 Å². The summed E-state index contributed by atoms with van der Waals surface area (Å²) in [5, 5.41) is 0. The highest BCUT2D eigenvalue weighted by atomic mass is 13.4. The smallest absolute Gasteiger partial charge is 0 e. The van der Waals surface area contributed by atoms with Gasteiger partial charge in [-0.25, -0.2) is 0 Å². The van der Waals surface area contributed by atoms with Gasteiger partial charge in [-0.2, -0.15) is 0 Å². The summed E-state index contributed by atoms with van der Waals surface area (Å²) >= 11 is 0. The van der Waals surface area contributed by atoms with Crippen LogP contribution in [-0.4, -0.2) is 0 Å². The normalized spacial score (nSPS) is 3.83. The molecule has 0 aliphatic rings. The summed E-state index contributed by atoms with van der Waals surface area (Å²) in [5.74, 6) is 0. The first-order chi connectivity index (χ1) is 11.4. The Hall–Kier alpha value is -4.88. The van der Waals surface area contributed by atoms with Crippen LogP contribution in [0, 0.1) is 0 Å². The second-order valence-corrected chi connectivity index (χ2v) is 2.73. The highest BCUT2D eigenvalue weighted by Gasteiger charge is 1.42. The fraction of sp³-hybridized carbons (Fsp3) is 0. The molecule has 0 aromatic heterocycles. The van der Waals surface area contributed by atoms with Crippen molar-refractivity contribution in [3.05, 3.63) is 134 Å². The maximum absolute atomic E-state index is 3.30. The molecule has 96 valence electrons. The van der Waals surface area contributed by atoms with Gasteiger partial charge in [-0.3, -0.25) is 0 Å². The molecule has 0 saturated carbocycles. The zero-order valence-electron chi connectivity index (χ0n) is 11.9. The average molecular weight is 280 g/mol. The molecular weight excluding hydrogens is 276 g/mol. The van der Waals surface area contributed by atoms with Gasteiger partial charge in [0.05, 0.1) is 0 Å². The summed E-state index contributed by atoms with van der Waals surface area (Å²) < 4.78 is 0. The van der Waals surface area contributed by atoms with Crippen LogP contribution in [0.2, 0.25) is 0 Å². The molecule has 0 rings (SSSR count). The van der Waals surface area contributed by atoms with E-state index in [9.17, 15) is 0 Å². The largest absolute Gasteiger partial charge is 0.0687 e. The van der Waals surface area contributed by atoms with Gasteiger partial charge in [-0.05, 0) is 105 Å². The van der Waals surface area contributed by atoms with E-state index < -0.39 is 0 Å². The van der Waals surface area contributed by atoms with Crippen LogP contribution in [0.3, 0.4) is 0 Å². The Labute approximate surface area is 134 Å². The molecule has 0 saturated heterocycles. The highest BCUT2D eigenvalue weighted by molar-refractivity contribution is 4.93. The van der Waals surface area contributed by atoms with Crippen LogP contribution in [0.1, 0.15) is 0 Å². The Morgan fingerprint density at radius 1 is 0.217 bits per heavy atom. The van der Waals surface area contributed by atoms with Crippen LogP contribution in [0.25, 0.3) is 0 Å². The van der Waals surface area contributed by atoms with Gasteiger partial charge in [0.1, 0.15) is 0 Å². The summed E-state index contributed by atoms with van der Waals surface area (Å²) in [6.07, 6.45) is 0. The molecule has 0 aromatic rings. The highest BCUT2D eigenvalue weighted by Crippen LogP contribution is 1.57. The van der Waals surface area contributed by atoms with Gasteiger partial charge < -0.3 is 0 Å². The van der Waals surface area contributed by atoms with Crippen LogP contribution >= 0.6 is 0 Å². The lowest BCUT2D eigenvalue weighted by Crippen LogP contribution is -1.25. The predicted octanol–water partition coefficient (Wildman–Crippen LogP) is 4.06. The number of hydrogen-bond acceptors (Lipinski definition) is 0. The molecule has 0 nitrogen and oxygen atoms in total. The van der Waals surface area contributed by atoms with Gasteiger partial charge >= 0.3 is 0 Å². The van der Waals surface area contributed by atoms with Gasteiger partial charge in [0.15, 0.2) is 0 Å². The first kappa shape index (κ1) is 18.1. The minimum absolute atomic E-state index is 2.37. The van der Waals surface area contributed by atoms with Crippen molar-refractivity contribution in [2.45, 2.75) is 0 Å².